The van der Waals surface area contributed by atoms with Gasteiger partial charge < -0.3 is 5.73 Å². The smallest absolute Gasteiger partial charge is 0.330 e. The number of carbonyl (C=O) groups excluding carboxylic acids is 1. The Kier molecular flexibility index (Phi) is 6.43. The van der Waals surface area contributed by atoms with E-state index in [-0.39, 0.29) is 6.42 Å². The standard InChI is InChI=1S/C7H15NO5S/c1-14(10,11)13-12-7(9)5-3-2-4-6-8/h2-6,8H2,1H3. The molecule has 6 nitrogen and oxygen atoms in total. The van der Waals surface area contributed by atoms with Gasteiger partial charge in [0.25, 0.3) is 10.1 Å². The molecule has 0 rings (SSSR count). The fourth-order valence-corrected chi connectivity index (χ4v) is 0.931. The number of nitrogens with two attached hydrogens (primary N) is 1. The molecule has 0 aromatic carbocycles. The van der Waals surface area contributed by atoms with E-state index in [9.17, 15) is 13.2 Å². The fraction of sp³-hybridized carbons (Fsp3) is 0.857. The van der Waals surface area contributed by atoms with E-state index in [0.29, 0.717) is 13.0 Å². The number of carbonyl (C=O) groups is 1. The normalized spacial score (nSPS) is 11.3. The molecule has 0 aromatic rings. The quantitative estimate of drug-likeness (QED) is 0.370. The fourth-order valence-electron chi connectivity index (χ4n) is 0.732. The first-order valence-corrected chi connectivity index (χ1v) is 6.06. The third-order valence-electron chi connectivity index (χ3n) is 1.34. The second kappa shape index (κ2) is 6.74. The first-order valence-electron chi connectivity index (χ1n) is 4.24. The van der Waals surface area contributed by atoms with Crippen LogP contribution < -0.4 is 5.73 Å². The van der Waals surface area contributed by atoms with Crippen LogP contribution in [0.25, 0.3) is 0 Å². The van der Waals surface area contributed by atoms with Gasteiger partial charge in [0, 0.05) is 6.42 Å². The van der Waals surface area contributed by atoms with E-state index in [0.717, 1.165) is 19.1 Å². The third-order valence-corrected chi connectivity index (χ3v) is 1.65. The van der Waals surface area contributed by atoms with Gasteiger partial charge >= 0.3 is 5.97 Å². The van der Waals surface area contributed by atoms with E-state index in [4.69, 9.17) is 5.73 Å². The second-order valence-electron chi connectivity index (χ2n) is 2.83. The minimum Gasteiger partial charge on any atom is -0.330 e. The largest absolute Gasteiger partial charge is 0.343 e. The van der Waals surface area contributed by atoms with E-state index >= 15 is 0 Å². The number of hydrogen-bond acceptors (Lipinski definition) is 6. The predicted molar refractivity (Wildman–Crippen MR) is 49.5 cm³/mol. The van der Waals surface area contributed by atoms with Gasteiger partial charge in [0.15, 0.2) is 0 Å². The van der Waals surface area contributed by atoms with Gasteiger partial charge in [-0.15, -0.1) is 0 Å². The van der Waals surface area contributed by atoms with Gasteiger partial charge in [-0.25, -0.2) is 4.79 Å². The van der Waals surface area contributed by atoms with Crippen molar-refractivity contribution in [3.05, 3.63) is 0 Å². The Balaban J connectivity index is 3.47. The van der Waals surface area contributed by atoms with Gasteiger partial charge in [-0.1, -0.05) is 10.8 Å². The highest BCUT2D eigenvalue weighted by Crippen LogP contribution is 2.01. The van der Waals surface area contributed by atoms with E-state index in [2.05, 4.69) is 9.22 Å². The van der Waals surface area contributed by atoms with Crippen LogP contribution in [0.2, 0.25) is 0 Å². The number of hydrogen-bond donors (Lipinski definition) is 1. The van der Waals surface area contributed by atoms with E-state index in [1.807, 2.05) is 0 Å². The molecule has 0 saturated heterocycles. The van der Waals surface area contributed by atoms with Crippen LogP contribution in [0.4, 0.5) is 0 Å². The highest BCUT2D eigenvalue weighted by Gasteiger charge is 2.09. The third kappa shape index (κ3) is 9.43. The Hall–Kier alpha value is -0.660. The van der Waals surface area contributed by atoms with Crippen molar-refractivity contribution in [1.29, 1.82) is 0 Å². The average Bonchev–Trinajstić information content (AvgIpc) is 2.08. The molecule has 0 unspecified atom stereocenters. The molecular formula is C7H15NO5S. The first kappa shape index (κ1) is 13.3. The molecule has 0 atom stereocenters. The van der Waals surface area contributed by atoms with Crippen molar-refractivity contribution in [1.82, 2.24) is 0 Å². The number of rotatable bonds is 7. The van der Waals surface area contributed by atoms with Crippen LogP contribution in [-0.4, -0.2) is 27.2 Å². The summed E-state index contributed by atoms with van der Waals surface area (Å²) in [6.07, 6.45) is 3.19. The second-order valence-corrected chi connectivity index (χ2v) is 4.37. The van der Waals surface area contributed by atoms with Crippen molar-refractivity contribution in [2.24, 2.45) is 5.73 Å². The minimum absolute atomic E-state index is 0.134. The molecule has 0 aromatic heterocycles. The van der Waals surface area contributed by atoms with Crippen molar-refractivity contribution in [3.8, 4) is 0 Å². The van der Waals surface area contributed by atoms with Crippen molar-refractivity contribution in [2.75, 3.05) is 12.8 Å². The Morgan fingerprint density at radius 2 is 1.93 bits per heavy atom. The Labute approximate surface area is 83.4 Å². The molecule has 0 aliphatic heterocycles. The van der Waals surface area contributed by atoms with Crippen LogP contribution in [0, 0.1) is 0 Å². The van der Waals surface area contributed by atoms with Gasteiger partial charge in [0.2, 0.25) is 0 Å². The zero-order chi connectivity index (χ0) is 11.0. The maximum Gasteiger partial charge on any atom is 0.343 e. The van der Waals surface area contributed by atoms with Crippen LogP contribution in [0.3, 0.4) is 0 Å². The van der Waals surface area contributed by atoms with Gasteiger partial charge in [0.1, 0.15) is 0 Å². The summed E-state index contributed by atoms with van der Waals surface area (Å²) in [5.41, 5.74) is 5.24. The summed E-state index contributed by atoms with van der Waals surface area (Å²) in [6.45, 7) is 0.578. The van der Waals surface area contributed by atoms with E-state index in [1.165, 1.54) is 0 Å². The first-order chi connectivity index (χ1) is 6.45. The lowest BCUT2D eigenvalue weighted by Gasteiger charge is -2.00. The highest BCUT2D eigenvalue weighted by molar-refractivity contribution is 7.85. The zero-order valence-electron chi connectivity index (χ0n) is 8.06. The summed E-state index contributed by atoms with van der Waals surface area (Å²) in [7, 11) is -3.72. The minimum atomic E-state index is -3.72. The summed E-state index contributed by atoms with van der Waals surface area (Å²) >= 11 is 0. The van der Waals surface area contributed by atoms with Crippen molar-refractivity contribution < 1.29 is 22.4 Å². The summed E-state index contributed by atoms with van der Waals surface area (Å²) in [5.74, 6) is -0.688. The Bertz CT molecular complexity index is 261. The molecule has 14 heavy (non-hydrogen) atoms. The summed E-state index contributed by atoms with van der Waals surface area (Å²) in [5, 5.41) is 0. The average molecular weight is 225 g/mol. The lowest BCUT2D eigenvalue weighted by molar-refractivity contribution is -0.211. The van der Waals surface area contributed by atoms with Crippen LogP contribution >= 0.6 is 0 Å². The van der Waals surface area contributed by atoms with Crippen LogP contribution in [-0.2, 0) is 24.1 Å². The number of unbranched alkanes of at least 4 members (excludes halogenated alkanes) is 2. The van der Waals surface area contributed by atoms with Gasteiger partial charge in [-0.05, 0) is 19.4 Å². The summed E-state index contributed by atoms with van der Waals surface area (Å²) < 4.78 is 24.6. The molecule has 0 heterocycles. The molecule has 2 N–H and O–H groups in total. The van der Waals surface area contributed by atoms with Crippen LogP contribution in [0.15, 0.2) is 0 Å². The molecule has 0 radical (unpaired) electrons. The Morgan fingerprint density at radius 1 is 1.29 bits per heavy atom. The zero-order valence-corrected chi connectivity index (χ0v) is 8.88. The molecule has 0 fully saturated rings. The molecular weight excluding hydrogens is 210 g/mol. The maximum absolute atomic E-state index is 10.8. The van der Waals surface area contributed by atoms with Crippen molar-refractivity contribution in [2.45, 2.75) is 25.7 Å². The summed E-state index contributed by atoms with van der Waals surface area (Å²) in [6, 6.07) is 0. The topological polar surface area (TPSA) is 95.7 Å². The highest BCUT2D eigenvalue weighted by atomic mass is 32.2. The van der Waals surface area contributed by atoms with Crippen molar-refractivity contribution >= 4 is 16.1 Å². The molecule has 0 bridgehead atoms. The van der Waals surface area contributed by atoms with Crippen molar-refractivity contribution in [3.63, 3.8) is 0 Å². The van der Waals surface area contributed by atoms with Gasteiger partial charge in [-0.2, -0.15) is 8.42 Å². The molecule has 0 aliphatic carbocycles. The molecule has 0 aliphatic rings. The summed E-state index contributed by atoms with van der Waals surface area (Å²) in [4.78, 5) is 14.8. The molecule has 0 spiro atoms. The lowest BCUT2D eigenvalue weighted by Crippen LogP contribution is -2.10. The lowest BCUT2D eigenvalue weighted by atomic mass is 10.2. The Morgan fingerprint density at radius 3 is 2.43 bits per heavy atom. The molecule has 0 amide bonds. The molecule has 0 saturated carbocycles. The predicted octanol–water partition coefficient (Wildman–Crippen LogP) is -0.0601. The van der Waals surface area contributed by atoms with Crippen LogP contribution in [0.1, 0.15) is 25.7 Å². The van der Waals surface area contributed by atoms with Crippen LogP contribution in [0.5, 0.6) is 0 Å². The molecule has 84 valence electrons. The SMILES string of the molecule is CS(=O)(=O)OOC(=O)CCCCCN. The molecule has 7 heteroatoms. The van der Waals surface area contributed by atoms with Gasteiger partial charge in [-0.3, -0.25) is 4.89 Å². The van der Waals surface area contributed by atoms with E-state index < -0.39 is 16.1 Å². The van der Waals surface area contributed by atoms with E-state index in [1.54, 1.807) is 0 Å². The monoisotopic (exact) mass is 225 g/mol. The van der Waals surface area contributed by atoms with Gasteiger partial charge in [0.05, 0.1) is 6.26 Å². The maximum atomic E-state index is 10.8.